The topological polar surface area (TPSA) is 133 Å². The van der Waals surface area contributed by atoms with Gasteiger partial charge in [-0.25, -0.2) is 13.2 Å². The average molecular weight is 565 g/mol. The second kappa shape index (κ2) is 14.1. The summed E-state index contributed by atoms with van der Waals surface area (Å²) in [5.74, 6) is 0.504. The highest BCUT2D eigenvalue weighted by Crippen LogP contribution is 2.24. The predicted molar refractivity (Wildman–Crippen MR) is 141 cm³/mol. The molecule has 2 aliphatic rings. The van der Waals surface area contributed by atoms with Crippen LogP contribution in [0.5, 0.6) is 5.75 Å². The smallest absolute Gasteiger partial charge is 0.407 e. The van der Waals surface area contributed by atoms with Gasteiger partial charge in [-0.1, -0.05) is 34.8 Å². The van der Waals surface area contributed by atoms with Crippen molar-refractivity contribution >= 4 is 16.1 Å². The second-order valence-corrected chi connectivity index (χ2v) is 11.3. The third kappa shape index (κ3) is 8.37. The molecule has 0 aliphatic carbocycles. The number of nitrogens with one attached hydrogen (secondary N) is 1. The van der Waals surface area contributed by atoms with Crippen molar-refractivity contribution in [1.82, 2.24) is 9.79 Å². The molecule has 2 aromatic rings. The minimum atomic E-state index is -4.18. The maximum Gasteiger partial charge on any atom is 0.407 e. The van der Waals surface area contributed by atoms with Crippen LogP contribution in [0.15, 0.2) is 59.5 Å². The molecule has 2 aliphatic heterocycles. The summed E-state index contributed by atoms with van der Waals surface area (Å²) < 4.78 is 49.4. The number of hydrogen-bond donors (Lipinski definition) is 2. The summed E-state index contributed by atoms with van der Waals surface area (Å²) in [5.41, 5.74) is 0.848. The largest absolute Gasteiger partial charge is 0.497 e. The molecular formula is C27H36N2O9S. The third-order valence-corrected chi connectivity index (χ3v) is 8.26. The lowest BCUT2D eigenvalue weighted by molar-refractivity contribution is -0.170. The van der Waals surface area contributed by atoms with Gasteiger partial charge in [0.25, 0.3) is 10.0 Å². The fraction of sp³-hybridized carbons (Fsp3) is 0.519. The number of benzene rings is 2. The van der Waals surface area contributed by atoms with Gasteiger partial charge in [0.1, 0.15) is 11.9 Å². The van der Waals surface area contributed by atoms with Crippen LogP contribution in [0.2, 0.25) is 0 Å². The summed E-state index contributed by atoms with van der Waals surface area (Å²) in [6.07, 6.45) is -0.975. The minimum Gasteiger partial charge on any atom is -0.497 e. The molecule has 2 heterocycles. The molecule has 39 heavy (non-hydrogen) atoms. The van der Waals surface area contributed by atoms with E-state index >= 15 is 0 Å². The number of carbonyl (C=O) groups is 1. The number of aliphatic hydroxyl groups is 1. The molecule has 2 aromatic carbocycles. The van der Waals surface area contributed by atoms with Gasteiger partial charge in [0.05, 0.1) is 50.0 Å². The average Bonchev–Trinajstić information content (AvgIpc) is 3.46. The number of nitrogens with zero attached hydrogens (tertiary/aromatic N) is 1. The summed E-state index contributed by atoms with van der Waals surface area (Å²) in [6.45, 7) is 1.29. The van der Waals surface area contributed by atoms with E-state index in [0.29, 0.717) is 51.4 Å². The van der Waals surface area contributed by atoms with Crippen LogP contribution in [0.1, 0.15) is 24.8 Å². The Morgan fingerprint density at radius 3 is 2.33 bits per heavy atom. The Morgan fingerprint density at radius 1 is 1.03 bits per heavy atom. The lowest BCUT2D eigenvalue weighted by Gasteiger charge is -2.32. The number of ether oxygens (including phenoxy) is 4. The van der Waals surface area contributed by atoms with Crippen molar-refractivity contribution in [1.29, 1.82) is 0 Å². The number of alkyl carbamates (subject to hydrolysis) is 1. The van der Waals surface area contributed by atoms with E-state index in [9.17, 15) is 18.3 Å². The van der Waals surface area contributed by atoms with E-state index in [1.165, 1.54) is 19.2 Å². The lowest BCUT2D eigenvalue weighted by Crippen LogP contribution is -2.51. The molecule has 0 spiro atoms. The first kappa shape index (κ1) is 29.2. The Kier molecular flexibility index (Phi) is 10.5. The number of sulfonamides is 1. The van der Waals surface area contributed by atoms with Gasteiger partial charge < -0.3 is 29.4 Å². The van der Waals surface area contributed by atoms with E-state index in [2.05, 4.69) is 5.32 Å². The number of carbonyl (C=O) groups excluding carboxylic acids is 1. The van der Waals surface area contributed by atoms with Crippen molar-refractivity contribution in [2.75, 3.05) is 40.1 Å². The number of amides is 1. The number of hydroxylamine groups is 1. The van der Waals surface area contributed by atoms with Crippen molar-refractivity contribution in [2.24, 2.45) is 0 Å². The van der Waals surface area contributed by atoms with Gasteiger partial charge in [-0.2, -0.15) is 0 Å². The van der Waals surface area contributed by atoms with Crippen molar-refractivity contribution < 1.29 is 42.1 Å². The van der Waals surface area contributed by atoms with Gasteiger partial charge >= 0.3 is 6.09 Å². The van der Waals surface area contributed by atoms with Crippen molar-refractivity contribution in [3.8, 4) is 5.75 Å². The van der Waals surface area contributed by atoms with Gasteiger partial charge in [0.15, 0.2) is 0 Å². The normalized spacial score (nSPS) is 19.9. The molecule has 0 radical (unpaired) electrons. The Labute approximate surface area is 228 Å². The SMILES string of the molecule is COc1ccc(S(=O)(=O)N(CC(O)C(Cc2ccccc2)NC(=O)OC2CCOC2)OC2CCOCC2)cc1. The Hall–Kier alpha value is -2.74. The molecule has 0 aromatic heterocycles. The molecule has 0 bridgehead atoms. The molecule has 1 amide bonds. The quantitative estimate of drug-likeness (QED) is 0.373. The van der Waals surface area contributed by atoms with Crippen LogP contribution in [0.3, 0.4) is 0 Å². The molecule has 2 fully saturated rings. The Morgan fingerprint density at radius 2 is 1.69 bits per heavy atom. The fourth-order valence-corrected chi connectivity index (χ4v) is 5.68. The van der Waals surface area contributed by atoms with Crippen molar-refractivity contribution in [2.45, 2.75) is 54.9 Å². The van der Waals surface area contributed by atoms with E-state index in [-0.39, 0.29) is 17.4 Å². The minimum absolute atomic E-state index is 0.0178. The fourth-order valence-electron chi connectivity index (χ4n) is 4.38. The standard InChI is InChI=1S/C27H36N2O9S/c1-34-21-7-9-24(10-8-21)39(32,33)29(38-22-11-14-35-15-12-22)18-26(30)25(17-20-5-3-2-4-6-20)28-27(31)37-23-13-16-36-19-23/h2-10,22-23,25-26,30H,11-19H2,1H3,(H,28,31). The zero-order valence-electron chi connectivity index (χ0n) is 21.9. The molecule has 4 rings (SSSR count). The molecule has 3 atom stereocenters. The summed E-state index contributed by atoms with van der Waals surface area (Å²) in [7, 11) is -2.69. The van der Waals surface area contributed by atoms with Crippen LogP contribution in [-0.4, -0.2) is 88.5 Å². The first-order valence-corrected chi connectivity index (χ1v) is 14.5. The van der Waals surface area contributed by atoms with Crippen LogP contribution >= 0.6 is 0 Å². The first-order chi connectivity index (χ1) is 18.8. The van der Waals surface area contributed by atoms with Crippen LogP contribution in [-0.2, 0) is 35.5 Å². The van der Waals surface area contributed by atoms with Gasteiger partial charge in [-0.3, -0.25) is 4.84 Å². The molecule has 2 saturated heterocycles. The van der Waals surface area contributed by atoms with Crippen molar-refractivity contribution in [3.63, 3.8) is 0 Å². The van der Waals surface area contributed by atoms with E-state index in [4.69, 9.17) is 23.8 Å². The molecular weight excluding hydrogens is 528 g/mol. The molecule has 12 heteroatoms. The Bertz CT molecular complexity index is 1140. The van der Waals surface area contributed by atoms with Crippen LogP contribution in [0.4, 0.5) is 4.79 Å². The summed E-state index contributed by atoms with van der Waals surface area (Å²) in [5, 5.41) is 14.1. The predicted octanol–water partition coefficient (Wildman–Crippen LogP) is 2.28. The first-order valence-electron chi connectivity index (χ1n) is 13.0. The summed E-state index contributed by atoms with van der Waals surface area (Å²) in [4.78, 5) is 18.6. The monoisotopic (exact) mass is 564 g/mol. The van der Waals surface area contributed by atoms with Gasteiger partial charge in [0, 0.05) is 19.6 Å². The number of rotatable bonds is 12. The van der Waals surface area contributed by atoms with E-state index in [1.54, 1.807) is 12.1 Å². The summed E-state index contributed by atoms with van der Waals surface area (Å²) in [6, 6.07) is 14.3. The maximum absolute atomic E-state index is 13.7. The highest BCUT2D eigenvalue weighted by molar-refractivity contribution is 7.89. The molecule has 2 N–H and O–H groups in total. The van der Waals surface area contributed by atoms with Crippen LogP contribution in [0.25, 0.3) is 0 Å². The Balaban J connectivity index is 1.55. The summed E-state index contributed by atoms with van der Waals surface area (Å²) >= 11 is 0. The molecule has 0 saturated carbocycles. The van der Waals surface area contributed by atoms with Crippen LogP contribution in [0, 0.1) is 0 Å². The lowest BCUT2D eigenvalue weighted by atomic mass is 10.0. The van der Waals surface area contributed by atoms with Gasteiger partial charge in [-0.15, -0.1) is 0 Å². The maximum atomic E-state index is 13.7. The zero-order valence-corrected chi connectivity index (χ0v) is 22.8. The molecule has 11 nitrogen and oxygen atoms in total. The zero-order chi connectivity index (χ0) is 27.7. The van der Waals surface area contributed by atoms with Crippen LogP contribution < -0.4 is 10.1 Å². The van der Waals surface area contributed by atoms with Gasteiger partial charge in [0.2, 0.25) is 0 Å². The number of aliphatic hydroxyl groups excluding tert-OH is 1. The number of methoxy groups -OCH3 is 1. The highest BCUT2D eigenvalue weighted by Gasteiger charge is 2.34. The second-order valence-electron chi connectivity index (χ2n) is 9.48. The molecule has 214 valence electrons. The third-order valence-electron chi connectivity index (χ3n) is 6.62. The highest BCUT2D eigenvalue weighted by atomic mass is 32.2. The van der Waals surface area contributed by atoms with Gasteiger partial charge in [-0.05, 0) is 49.1 Å². The van der Waals surface area contributed by atoms with E-state index in [1.807, 2.05) is 30.3 Å². The van der Waals surface area contributed by atoms with E-state index < -0.39 is 40.9 Å². The molecule has 3 unspecified atom stereocenters. The number of hydrogen-bond acceptors (Lipinski definition) is 9. The van der Waals surface area contributed by atoms with Crippen molar-refractivity contribution in [3.05, 3.63) is 60.2 Å². The van der Waals surface area contributed by atoms with E-state index in [0.717, 1.165) is 10.0 Å².